The van der Waals surface area contributed by atoms with E-state index in [1.165, 1.54) is 12.1 Å². The van der Waals surface area contributed by atoms with E-state index >= 15 is 0 Å². The van der Waals surface area contributed by atoms with Crippen LogP contribution in [0.3, 0.4) is 0 Å². The Labute approximate surface area is 134 Å². The topological polar surface area (TPSA) is 42.2 Å². The molecule has 0 aliphatic heterocycles. The molecule has 0 unspecified atom stereocenters. The van der Waals surface area contributed by atoms with Gasteiger partial charge >= 0.3 is 0 Å². The summed E-state index contributed by atoms with van der Waals surface area (Å²) in [6.45, 7) is 2.59. The van der Waals surface area contributed by atoms with Crippen LogP contribution in [0.25, 0.3) is 11.5 Å². The first-order valence-corrected chi connectivity index (χ1v) is 7.47. The molecule has 3 aromatic rings. The van der Waals surface area contributed by atoms with Crippen molar-refractivity contribution < 1.29 is 8.81 Å². The maximum absolute atomic E-state index is 13.3. The maximum atomic E-state index is 13.3. The Bertz CT molecular complexity index is 773. The molecule has 1 aromatic heterocycles. The molecule has 0 bridgehead atoms. The molecule has 0 saturated carbocycles. The first kappa shape index (κ1) is 15.4. The fourth-order valence-corrected chi connectivity index (χ4v) is 2.35. The average molecular weight is 311 g/mol. The van der Waals surface area contributed by atoms with Crippen molar-refractivity contribution in [3.8, 4) is 11.5 Å². The summed E-state index contributed by atoms with van der Waals surface area (Å²) in [4.78, 5) is 2.04. The molecule has 23 heavy (non-hydrogen) atoms. The van der Waals surface area contributed by atoms with Gasteiger partial charge < -0.3 is 4.42 Å². The molecular formula is C18H18FN3O. The van der Waals surface area contributed by atoms with Crippen molar-refractivity contribution in [3.63, 3.8) is 0 Å². The molecule has 0 aliphatic carbocycles. The number of hydrogen-bond donors (Lipinski definition) is 0. The summed E-state index contributed by atoms with van der Waals surface area (Å²) in [6, 6.07) is 16.2. The van der Waals surface area contributed by atoms with E-state index in [9.17, 15) is 4.39 Å². The molecule has 5 heteroatoms. The van der Waals surface area contributed by atoms with Crippen LogP contribution in [0.1, 0.15) is 24.4 Å². The highest BCUT2D eigenvalue weighted by Gasteiger charge is 2.19. The van der Waals surface area contributed by atoms with Crippen LogP contribution in [-0.2, 0) is 6.54 Å². The van der Waals surface area contributed by atoms with Crippen LogP contribution < -0.4 is 0 Å². The zero-order valence-electron chi connectivity index (χ0n) is 13.1. The second-order valence-corrected chi connectivity index (χ2v) is 5.53. The van der Waals surface area contributed by atoms with E-state index in [0.29, 0.717) is 18.3 Å². The van der Waals surface area contributed by atoms with Crippen LogP contribution in [0.5, 0.6) is 0 Å². The van der Waals surface area contributed by atoms with Gasteiger partial charge in [0.2, 0.25) is 11.8 Å². The molecule has 0 amide bonds. The summed E-state index contributed by atoms with van der Waals surface area (Å²) in [5, 5.41) is 8.25. The minimum Gasteiger partial charge on any atom is -0.419 e. The van der Waals surface area contributed by atoms with E-state index in [-0.39, 0.29) is 11.9 Å². The lowest BCUT2D eigenvalue weighted by Gasteiger charge is -2.21. The lowest BCUT2D eigenvalue weighted by Crippen LogP contribution is -2.22. The molecule has 1 atom stereocenters. The quantitative estimate of drug-likeness (QED) is 0.712. The lowest BCUT2D eigenvalue weighted by molar-refractivity contribution is 0.218. The molecule has 0 N–H and O–H groups in total. The summed E-state index contributed by atoms with van der Waals surface area (Å²) in [5.41, 5.74) is 1.80. The summed E-state index contributed by atoms with van der Waals surface area (Å²) >= 11 is 0. The van der Waals surface area contributed by atoms with Gasteiger partial charge in [0.1, 0.15) is 5.82 Å². The Morgan fingerprint density at radius 1 is 1.09 bits per heavy atom. The van der Waals surface area contributed by atoms with Gasteiger partial charge in [-0.25, -0.2) is 4.39 Å². The predicted octanol–water partition coefficient (Wildman–Crippen LogP) is 4.07. The van der Waals surface area contributed by atoms with E-state index in [4.69, 9.17) is 4.42 Å². The van der Waals surface area contributed by atoms with Gasteiger partial charge in [-0.1, -0.05) is 30.3 Å². The minimum absolute atomic E-state index is 0.0665. The van der Waals surface area contributed by atoms with Crippen molar-refractivity contribution >= 4 is 0 Å². The van der Waals surface area contributed by atoms with Gasteiger partial charge in [0.15, 0.2) is 0 Å². The number of halogens is 1. The number of hydrogen-bond acceptors (Lipinski definition) is 4. The summed E-state index contributed by atoms with van der Waals surface area (Å²) in [5.74, 6) is 0.821. The Morgan fingerprint density at radius 3 is 2.61 bits per heavy atom. The average Bonchev–Trinajstić information content (AvgIpc) is 3.05. The molecule has 0 aliphatic rings. The van der Waals surface area contributed by atoms with Crippen molar-refractivity contribution in [1.82, 2.24) is 15.1 Å². The van der Waals surface area contributed by atoms with E-state index in [1.54, 1.807) is 6.07 Å². The van der Waals surface area contributed by atoms with Gasteiger partial charge in [-0.15, -0.1) is 10.2 Å². The standard InChI is InChI=1S/C18H18FN3O/c1-13(22(2)12-14-7-6-10-16(19)11-14)17-20-21-18(23-17)15-8-4-3-5-9-15/h3-11,13H,12H2,1-2H3/t13-/m0/s1. The van der Waals surface area contributed by atoms with Crippen molar-refractivity contribution in [3.05, 3.63) is 71.9 Å². The third kappa shape index (κ3) is 3.63. The van der Waals surface area contributed by atoms with Crippen LogP contribution in [0.2, 0.25) is 0 Å². The normalized spacial score (nSPS) is 12.5. The third-order valence-corrected chi connectivity index (χ3v) is 3.80. The van der Waals surface area contributed by atoms with Crippen LogP contribution in [0.4, 0.5) is 4.39 Å². The van der Waals surface area contributed by atoms with Gasteiger partial charge in [0.05, 0.1) is 6.04 Å². The molecule has 118 valence electrons. The fraction of sp³-hybridized carbons (Fsp3) is 0.222. The molecule has 0 spiro atoms. The van der Waals surface area contributed by atoms with E-state index < -0.39 is 0 Å². The Hall–Kier alpha value is -2.53. The smallest absolute Gasteiger partial charge is 0.247 e. The summed E-state index contributed by atoms with van der Waals surface area (Å²) in [7, 11) is 1.95. The van der Waals surface area contributed by atoms with E-state index in [1.807, 2.05) is 55.3 Å². The highest BCUT2D eigenvalue weighted by atomic mass is 19.1. The molecule has 4 nitrogen and oxygen atoms in total. The third-order valence-electron chi connectivity index (χ3n) is 3.80. The van der Waals surface area contributed by atoms with Crippen molar-refractivity contribution in [1.29, 1.82) is 0 Å². The zero-order chi connectivity index (χ0) is 16.2. The first-order chi connectivity index (χ1) is 11.1. The zero-order valence-corrected chi connectivity index (χ0v) is 13.1. The van der Waals surface area contributed by atoms with Crippen LogP contribution >= 0.6 is 0 Å². The van der Waals surface area contributed by atoms with E-state index in [0.717, 1.165) is 11.1 Å². The monoisotopic (exact) mass is 311 g/mol. The first-order valence-electron chi connectivity index (χ1n) is 7.47. The van der Waals surface area contributed by atoms with Gasteiger partial charge in [0, 0.05) is 12.1 Å². The Kier molecular flexibility index (Phi) is 4.48. The van der Waals surface area contributed by atoms with Gasteiger partial charge in [0.25, 0.3) is 0 Å². The highest BCUT2D eigenvalue weighted by Crippen LogP contribution is 2.24. The number of aromatic nitrogens is 2. The molecule has 2 aromatic carbocycles. The summed E-state index contributed by atoms with van der Waals surface area (Å²) in [6.07, 6.45) is 0. The van der Waals surface area contributed by atoms with E-state index in [2.05, 4.69) is 10.2 Å². The lowest BCUT2D eigenvalue weighted by atomic mass is 10.2. The SMILES string of the molecule is C[C@@H](c1nnc(-c2ccccc2)o1)N(C)Cc1cccc(F)c1. The molecule has 0 radical (unpaired) electrons. The van der Waals surface area contributed by atoms with Crippen molar-refractivity contribution in [2.24, 2.45) is 0 Å². The van der Waals surface area contributed by atoms with Crippen molar-refractivity contribution in [2.45, 2.75) is 19.5 Å². The van der Waals surface area contributed by atoms with Crippen LogP contribution in [0.15, 0.2) is 59.0 Å². The molecule has 3 rings (SSSR count). The molecule has 0 saturated heterocycles. The van der Waals surface area contributed by atoms with Gasteiger partial charge in [-0.3, -0.25) is 4.90 Å². The number of rotatable bonds is 5. The van der Waals surface area contributed by atoms with Gasteiger partial charge in [-0.05, 0) is 43.8 Å². The fourth-order valence-electron chi connectivity index (χ4n) is 2.35. The Balaban J connectivity index is 1.73. The van der Waals surface area contributed by atoms with Crippen LogP contribution in [0, 0.1) is 5.82 Å². The molecular weight excluding hydrogens is 293 g/mol. The summed E-state index contributed by atoms with van der Waals surface area (Å²) < 4.78 is 19.0. The van der Waals surface area contributed by atoms with Crippen LogP contribution in [-0.4, -0.2) is 22.1 Å². The molecule has 0 fully saturated rings. The predicted molar refractivity (Wildman–Crippen MR) is 86.0 cm³/mol. The minimum atomic E-state index is -0.229. The second-order valence-electron chi connectivity index (χ2n) is 5.53. The second kappa shape index (κ2) is 6.71. The maximum Gasteiger partial charge on any atom is 0.247 e. The van der Waals surface area contributed by atoms with Gasteiger partial charge in [-0.2, -0.15) is 0 Å². The number of benzene rings is 2. The number of nitrogens with zero attached hydrogens (tertiary/aromatic N) is 3. The molecule has 1 heterocycles. The largest absolute Gasteiger partial charge is 0.419 e. The highest BCUT2D eigenvalue weighted by molar-refractivity contribution is 5.51. The Morgan fingerprint density at radius 2 is 1.87 bits per heavy atom. The van der Waals surface area contributed by atoms with Crippen molar-refractivity contribution in [2.75, 3.05) is 7.05 Å².